The second-order valence-corrected chi connectivity index (χ2v) is 9.64. The van der Waals surface area contributed by atoms with Crippen LogP contribution in [0.5, 0.6) is 11.5 Å². The van der Waals surface area contributed by atoms with Crippen molar-refractivity contribution in [3.8, 4) is 11.5 Å². The second kappa shape index (κ2) is 10.6. The number of nitrogens with two attached hydrogens (primary N) is 1. The largest absolute Gasteiger partial charge is 0.491 e. The lowest BCUT2D eigenvalue weighted by atomic mass is 10.1. The molecule has 0 radical (unpaired) electrons. The van der Waals surface area contributed by atoms with Crippen LogP contribution in [0.3, 0.4) is 0 Å². The minimum atomic E-state index is -0.558. The van der Waals surface area contributed by atoms with E-state index in [9.17, 15) is 9.59 Å². The predicted octanol–water partition coefficient (Wildman–Crippen LogP) is 4.12. The van der Waals surface area contributed by atoms with Crippen molar-refractivity contribution in [3.05, 3.63) is 59.9 Å². The Balaban J connectivity index is 1.18. The number of fused-ring (bicyclic) bond motifs is 1. The number of piperidine rings is 1. The Hall–Kier alpha value is -3.52. The average molecular weight is 492 g/mol. The van der Waals surface area contributed by atoms with Gasteiger partial charge in [0.25, 0.3) is 11.8 Å². The maximum atomic E-state index is 12.9. The minimum Gasteiger partial charge on any atom is -0.491 e. The van der Waals surface area contributed by atoms with Crippen molar-refractivity contribution in [2.45, 2.75) is 57.2 Å². The number of nitrogens with one attached hydrogen (secondary N) is 1. The standard InChI is InChI=1S/C28H33N3O5/c1-2-19(17-34-25-6-4-3-5-23(25)27(29)32)30-28(33)26-16-18-15-22(9-10-24(18)36-26)35-21-11-13-31(14-12-21)20-7-8-20/h3-6,9-10,15-16,19-21H,2,7-8,11-14,17H2,1H3,(H2,29,32)(H,30,33)/t19-/m0/s1. The van der Waals surface area contributed by atoms with Gasteiger partial charge in [-0.05, 0) is 68.5 Å². The van der Waals surface area contributed by atoms with Crippen LogP contribution < -0.4 is 20.5 Å². The Morgan fingerprint density at radius 1 is 1.11 bits per heavy atom. The monoisotopic (exact) mass is 491 g/mol. The molecule has 1 aliphatic heterocycles. The van der Waals surface area contributed by atoms with E-state index in [0.717, 1.165) is 43.1 Å². The fourth-order valence-corrected chi connectivity index (χ4v) is 4.70. The van der Waals surface area contributed by atoms with Gasteiger partial charge >= 0.3 is 0 Å². The van der Waals surface area contributed by atoms with Crippen molar-refractivity contribution < 1.29 is 23.5 Å². The SMILES string of the molecule is CC[C@@H](COc1ccccc1C(N)=O)NC(=O)c1cc2cc(OC3CCN(C4CC4)CC3)ccc2o1. The molecule has 0 bridgehead atoms. The van der Waals surface area contributed by atoms with E-state index in [4.69, 9.17) is 19.6 Å². The van der Waals surface area contributed by atoms with Crippen molar-refractivity contribution in [2.24, 2.45) is 5.73 Å². The molecule has 0 unspecified atom stereocenters. The van der Waals surface area contributed by atoms with Gasteiger partial charge in [-0.25, -0.2) is 0 Å². The first kappa shape index (κ1) is 24.2. The number of benzene rings is 2. The lowest BCUT2D eigenvalue weighted by Crippen LogP contribution is -2.39. The van der Waals surface area contributed by atoms with E-state index in [1.807, 2.05) is 25.1 Å². The fourth-order valence-electron chi connectivity index (χ4n) is 4.70. The van der Waals surface area contributed by atoms with Gasteiger partial charge in [0, 0.05) is 24.5 Å². The molecule has 0 spiro atoms. The van der Waals surface area contributed by atoms with Crippen molar-refractivity contribution in [1.82, 2.24) is 10.2 Å². The van der Waals surface area contributed by atoms with Gasteiger partial charge in [0.15, 0.2) is 5.76 Å². The highest BCUT2D eigenvalue weighted by molar-refractivity contribution is 5.96. The van der Waals surface area contributed by atoms with Gasteiger partial charge in [0.05, 0.1) is 11.6 Å². The number of carbonyl (C=O) groups is 2. The molecular weight excluding hydrogens is 458 g/mol. The Morgan fingerprint density at radius 3 is 2.61 bits per heavy atom. The van der Waals surface area contributed by atoms with Crippen molar-refractivity contribution in [2.75, 3.05) is 19.7 Å². The van der Waals surface area contributed by atoms with Crippen LogP contribution in [0.1, 0.15) is 59.9 Å². The topological polar surface area (TPSA) is 107 Å². The molecule has 3 N–H and O–H groups in total. The summed E-state index contributed by atoms with van der Waals surface area (Å²) < 4.78 is 17.8. The molecule has 1 saturated carbocycles. The fraction of sp³-hybridized carbons (Fsp3) is 0.429. The summed E-state index contributed by atoms with van der Waals surface area (Å²) in [6.07, 6.45) is 5.62. The van der Waals surface area contributed by atoms with E-state index < -0.39 is 5.91 Å². The minimum absolute atomic E-state index is 0.199. The summed E-state index contributed by atoms with van der Waals surface area (Å²) in [6.45, 7) is 4.35. The van der Waals surface area contributed by atoms with Crippen LogP contribution in [-0.2, 0) is 0 Å². The molecule has 2 aliphatic rings. The summed E-state index contributed by atoms with van der Waals surface area (Å²) in [5, 5.41) is 3.78. The summed E-state index contributed by atoms with van der Waals surface area (Å²) in [6, 6.07) is 14.8. The van der Waals surface area contributed by atoms with Crippen LogP contribution in [0.4, 0.5) is 0 Å². The number of furan rings is 1. The lowest BCUT2D eigenvalue weighted by Gasteiger charge is -2.32. The van der Waals surface area contributed by atoms with Crippen molar-refractivity contribution >= 4 is 22.8 Å². The first-order valence-electron chi connectivity index (χ1n) is 12.8. The quantitative estimate of drug-likeness (QED) is 0.442. The molecule has 3 aromatic rings. The Kier molecular flexibility index (Phi) is 7.13. The highest BCUT2D eigenvalue weighted by Crippen LogP contribution is 2.31. The van der Waals surface area contributed by atoms with Gasteiger partial charge < -0.3 is 29.8 Å². The highest BCUT2D eigenvalue weighted by atomic mass is 16.5. The summed E-state index contributed by atoms with van der Waals surface area (Å²) in [7, 11) is 0. The smallest absolute Gasteiger partial charge is 0.287 e. The molecule has 2 aromatic carbocycles. The van der Waals surface area contributed by atoms with E-state index >= 15 is 0 Å². The number of primary amides is 1. The van der Waals surface area contributed by atoms with E-state index in [2.05, 4.69) is 10.2 Å². The number of carbonyl (C=O) groups excluding carboxylic acids is 2. The maximum Gasteiger partial charge on any atom is 0.287 e. The molecule has 2 fully saturated rings. The third kappa shape index (κ3) is 5.65. The van der Waals surface area contributed by atoms with Gasteiger partial charge in [-0.1, -0.05) is 19.1 Å². The first-order chi connectivity index (χ1) is 17.5. The zero-order chi connectivity index (χ0) is 25.1. The maximum absolute atomic E-state index is 12.9. The van der Waals surface area contributed by atoms with E-state index in [0.29, 0.717) is 23.3 Å². The average Bonchev–Trinajstić information content (AvgIpc) is 3.65. The second-order valence-electron chi connectivity index (χ2n) is 9.64. The molecule has 2 heterocycles. The molecule has 5 rings (SSSR count). The molecule has 8 nitrogen and oxygen atoms in total. The summed E-state index contributed by atoms with van der Waals surface area (Å²) in [5.41, 5.74) is 6.36. The molecule has 1 aromatic heterocycles. The zero-order valence-electron chi connectivity index (χ0n) is 20.6. The van der Waals surface area contributed by atoms with E-state index in [1.165, 1.54) is 12.8 Å². The van der Waals surface area contributed by atoms with E-state index in [-0.39, 0.29) is 30.4 Å². The molecule has 1 saturated heterocycles. The van der Waals surface area contributed by atoms with Crippen LogP contribution in [0.15, 0.2) is 52.9 Å². The van der Waals surface area contributed by atoms with Crippen LogP contribution in [0, 0.1) is 0 Å². The third-order valence-corrected chi connectivity index (χ3v) is 6.97. The predicted molar refractivity (Wildman–Crippen MR) is 136 cm³/mol. The van der Waals surface area contributed by atoms with Crippen LogP contribution in [0.25, 0.3) is 11.0 Å². The molecule has 2 amide bonds. The summed E-state index contributed by atoms with van der Waals surface area (Å²) in [4.78, 5) is 27.1. The normalized spacial score (nSPS) is 17.6. The molecule has 36 heavy (non-hydrogen) atoms. The van der Waals surface area contributed by atoms with E-state index in [1.54, 1.807) is 30.3 Å². The number of amides is 2. The number of hydrogen-bond acceptors (Lipinski definition) is 6. The first-order valence-corrected chi connectivity index (χ1v) is 12.8. The van der Waals surface area contributed by atoms with Gasteiger partial charge in [-0.2, -0.15) is 0 Å². The summed E-state index contributed by atoms with van der Waals surface area (Å²) >= 11 is 0. The molecule has 1 atom stereocenters. The number of para-hydroxylation sites is 1. The number of rotatable bonds is 10. The highest BCUT2D eigenvalue weighted by Gasteiger charge is 2.32. The van der Waals surface area contributed by atoms with Gasteiger partial charge in [-0.15, -0.1) is 0 Å². The van der Waals surface area contributed by atoms with Crippen LogP contribution in [-0.4, -0.2) is 54.6 Å². The van der Waals surface area contributed by atoms with Crippen molar-refractivity contribution in [3.63, 3.8) is 0 Å². The molecular formula is C28H33N3O5. The lowest BCUT2D eigenvalue weighted by molar-refractivity contribution is 0.0891. The summed E-state index contributed by atoms with van der Waals surface area (Å²) in [5.74, 6) is 0.549. The number of ether oxygens (including phenoxy) is 2. The van der Waals surface area contributed by atoms with Crippen molar-refractivity contribution in [1.29, 1.82) is 0 Å². The number of likely N-dealkylation sites (tertiary alicyclic amines) is 1. The van der Waals surface area contributed by atoms with Gasteiger partial charge in [0.1, 0.15) is 29.8 Å². The Bertz CT molecular complexity index is 1230. The molecule has 1 aliphatic carbocycles. The van der Waals surface area contributed by atoms with Gasteiger partial charge in [0.2, 0.25) is 0 Å². The zero-order valence-corrected chi connectivity index (χ0v) is 20.6. The van der Waals surface area contributed by atoms with Crippen LogP contribution >= 0.6 is 0 Å². The third-order valence-electron chi connectivity index (χ3n) is 6.97. The molecule has 190 valence electrons. The molecule has 8 heteroatoms. The Labute approximate surface area is 210 Å². The van der Waals surface area contributed by atoms with Gasteiger partial charge in [-0.3, -0.25) is 9.59 Å². The number of hydrogen-bond donors (Lipinski definition) is 2. The van der Waals surface area contributed by atoms with Crippen LogP contribution in [0.2, 0.25) is 0 Å². The Morgan fingerprint density at radius 2 is 1.89 bits per heavy atom. The number of nitrogens with zero attached hydrogens (tertiary/aromatic N) is 1.